The zero-order valence-corrected chi connectivity index (χ0v) is 23.2. The van der Waals surface area contributed by atoms with E-state index in [1.165, 1.54) is 30.2 Å². The van der Waals surface area contributed by atoms with Gasteiger partial charge in [0.15, 0.2) is 6.61 Å². The third kappa shape index (κ3) is 8.20. The molecule has 40 heavy (non-hydrogen) atoms. The van der Waals surface area contributed by atoms with Crippen molar-refractivity contribution < 1.29 is 28.7 Å². The molecule has 2 unspecified atom stereocenters. The predicted octanol–water partition coefficient (Wildman–Crippen LogP) is 4.55. The third-order valence-electron chi connectivity index (χ3n) is 6.47. The molecule has 0 aliphatic rings. The molecule has 0 saturated heterocycles. The lowest BCUT2D eigenvalue weighted by molar-refractivity contribution is -0.385. The number of hydrogen-bond acceptors (Lipinski definition) is 7. The van der Waals surface area contributed by atoms with Crippen LogP contribution in [-0.4, -0.2) is 54.5 Å². The fourth-order valence-electron chi connectivity index (χ4n) is 4.09. The Morgan fingerprint density at radius 2 is 1.68 bits per heavy atom. The number of methoxy groups -OCH3 is 2. The molecule has 0 saturated carbocycles. The maximum absolute atomic E-state index is 13.7. The van der Waals surface area contributed by atoms with Crippen LogP contribution in [0.1, 0.15) is 31.4 Å². The van der Waals surface area contributed by atoms with Crippen LogP contribution in [0.25, 0.3) is 0 Å². The monoisotopic (exact) mass is 549 g/mol. The molecular formula is C30H35N3O7. The van der Waals surface area contributed by atoms with Crippen molar-refractivity contribution in [2.45, 2.75) is 45.3 Å². The smallest absolute Gasteiger partial charge is 0.311 e. The lowest BCUT2D eigenvalue weighted by atomic mass is 10.0. The van der Waals surface area contributed by atoms with Crippen LogP contribution in [0.4, 0.5) is 5.69 Å². The first-order chi connectivity index (χ1) is 19.2. The summed E-state index contributed by atoms with van der Waals surface area (Å²) in [5, 5.41) is 14.3. The molecule has 212 valence electrons. The molecule has 0 aliphatic carbocycles. The Hall–Kier alpha value is -4.60. The second-order valence-electron chi connectivity index (χ2n) is 9.28. The minimum absolute atomic E-state index is 0.0121. The summed E-state index contributed by atoms with van der Waals surface area (Å²) in [7, 11) is 2.88. The van der Waals surface area contributed by atoms with Crippen molar-refractivity contribution >= 4 is 17.5 Å². The molecule has 3 rings (SSSR count). The van der Waals surface area contributed by atoms with Gasteiger partial charge in [0, 0.05) is 31.1 Å². The Morgan fingerprint density at radius 1 is 0.950 bits per heavy atom. The number of ether oxygens (including phenoxy) is 3. The average Bonchev–Trinajstić information content (AvgIpc) is 2.97. The number of carbonyl (C=O) groups excluding carboxylic acids is 2. The van der Waals surface area contributed by atoms with Gasteiger partial charge in [0.2, 0.25) is 11.7 Å². The van der Waals surface area contributed by atoms with Gasteiger partial charge in [-0.05, 0) is 42.7 Å². The molecule has 3 aromatic carbocycles. The highest BCUT2D eigenvalue weighted by molar-refractivity contribution is 5.88. The normalized spacial score (nSPS) is 12.1. The fraction of sp³-hybridized carbons (Fsp3) is 0.333. The van der Waals surface area contributed by atoms with Crippen LogP contribution in [0.3, 0.4) is 0 Å². The largest absolute Gasteiger partial charge is 0.497 e. The number of benzene rings is 3. The van der Waals surface area contributed by atoms with Gasteiger partial charge in [0.1, 0.15) is 17.5 Å². The van der Waals surface area contributed by atoms with Crippen LogP contribution in [-0.2, 0) is 22.6 Å². The Balaban J connectivity index is 1.94. The molecule has 2 atom stereocenters. The highest BCUT2D eigenvalue weighted by Gasteiger charge is 2.31. The van der Waals surface area contributed by atoms with Gasteiger partial charge >= 0.3 is 5.69 Å². The van der Waals surface area contributed by atoms with Crippen molar-refractivity contribution in [1.29, 1.82) is 0 Å². The molecule has 10 heteroatoms. The van der Waals surface area contributed by atoms with E-state index in [1.54, 1.807) is 13.2 Å². The summed E-state index contributed by atoms with van der Waals surface area (Å²) in [4.78, 5) is 39.5. The number of amides is 2. The van der Waals surface area contributed by atoms with E-state index < -0.39 is 23.5 Å². The zero-order valence-electron chi connectivity index (χ0n) is 23.2. The SMILES string of the molecule is CCC(C)NC(=O)C(Cc1ccccc1)N(Cc1cccc(OC)c1)C(=O)COc1ccc([N+](=O)[O-])c(OC)c1. The first-order valence-corrected chi connectivity index (χ1v) is 13.0. The van der Waals surface area contributed by atoms with Crippen LogP contribution in [0, 0.1) is 10.1 Å². The summed E-state index contributed by atoms with van der Waals surface area (Å²) < 4.78 is 16.2. The maximum atomic E-state index is 13.7. The van der Waals surface area contributed by atoms with E-state index in [2.05, 4.69) is 5.32 Å². The van der Waals surface area contributed by atoms with Gasteiger partial charge in [-0.25, -0.2) is 0 Å². The molecule has 2 amide bonds. The minimum atomic E-state index is -0.829. The molecule has 1 N–H and O–H groups in total. The number of hydrogen-bond donors (Lipinski definition) is 1. The number of nitrogens with zero attached hydrogens (tertiary/aromatic N) is 2. The average molecular weight is 550 g/mol. The summed E-state index contributed by atoms with van der Waals surface area (Å²) in [6.07, 6.45) is 1.03. The lowest BCUT2D eigenvalue weighted by Crippen LogP contribution is -2.53. The van der Waals surface area contributed by atoms with Crippen molar-refractivity contribution in [3.05, 3.63) is 94.0 Å². The van der Waals surface area contributed by atoms with Gasteiger partial charge in [-0.1, -0.05) is 49.4 Å². The van der Waals surface area contributed by atoms with Crippen LogP contribution >= 0.6 is 0 Å². The van der Waals surface area contributed by atoms with Crippen LogP contribution in [0.2, 0.25) is 0 Å². The lowest BCUT2D eigenvalue weighted by Gasteiger charge is -2.32. The predicted molar refractivity (Wildman–Crippen MR) is 151 cm³/mol. The third-order valence-corrected chi connectivity index (χ3v) is 6.47. The number of nitro benzene ring substituents is 1. The number of carbonyl (C=O) groups is 2. The number of nitrogens with one attached hydrogen (secondary N) is 1. The van der Waals surface area contributed by atoms with Crippen molar-refractivity contribution in [2.75, 3.05) is 20.8 Å². The minimum Gasteiger partial charge on any atom is -0.497 e. The Labute approximate surface area is 234 Å². The number of rotatable bonds is 14. The molecule has 10 nitrogen and oxygen atoms in total. The quantitative estimate of drug-likeness (QED) is 0.231. The zero-order chi connectivity index (χ0) is 29.1. The van der Waals surface area contributed by atoms with Crippen LogP contribution in [0.15, 0.2) is 72.8 Å². The van der Waals surface area contributed by atoms with E-state index in [-0.39, 0.29) is 35.7 Å². The van der Waals surface area contributed by atoms with Gasteiger partial charge in [0.05, 0.1) is 19.1 Å². The Kier molecular flexibility index (Phi) is 10.9. The summed E-state index contributed by atoms with van der Waals surface area (Å²) in [5.41, 5.74) is 1.46. The first kappa shape index (κ1) is 29.9. The molecule has 0 aliphatic heterocycles. The van der Waals surface area contributed by atoms with Gasteiger partial charge in [-0.3, -0.25) is 19.7 Å². The van der Waals surface area contributed by atoms with Gasteiger partial charge < -0.3 is 24.4 Å². The van der Waals surface area contributed by atoms with E-state index in [0.717, 1.165) is 17.5 Å². The summed E-state index contributed by atoms with van der Waals surface area (Å²) in [6, 6.07) is 19.9. The van der Waals surface area contributed by atoms with Crippen molar-refractivity contribution in [1.82, 2.24) is 10.2 Å². The molecule has 0 aromatic heterocycles. The molecule has 0 spiro atoms. The summed E-state index contributed by atoms with van der Waals surface area (Å²) >= 11 is 0. The highest BCUT2D eigenvalue weighted by Crippen LogP contribution is 2.31. The molecule has 0 fully saturated rings. The van der Waals surface area contributed by atoms with E-state index in [1.807, 2.05) is 62.4 Å². The maximum Gasteiger partial charge on any atom is 0.311 e. The van der Waals surface area contributed by atoms with E-state index in [4.69, 9.17) is 14.2 Å². The Morgan fingerprint density at radius 3 is 2.33 bits per heavy atom. The van der Waals surface area contributed by atoms with E-state index in [9.17, 15) is 19.7 Å². The molecule has 0 bridgehead atoms. The fourth-order valence-corrected chi connectivity index (χ4v) is 4.09. The Bertz CT molecular complexity index is 1300. The van der Waals surface area contributed by atoms with Gasteiger partial charge in [-0.15, -0.1) is 0 Å². The summed E-state index contributed by atoms with van der Waals surface area (Å²) in [5.74, 6) is 0.161. The molecule has 0 heterocycles. The topological polar surface area (TPSA) is 120 Å². The first-order valence-electron chi connectivity index (χ1n) is 13.0. The van der Waals surface area contributed by atoms with Gasteiger partial charge in [0.25, 0.3) is 5.91 Å². The van der Waals surface area contributed by atoms with E-state index >= 15 is 0 Å². The summed E-state index contributed by atoms with van der Waals surface area (Å²) in [6.45, 7) is 3.63. The van der Waals surface area contributed by atoms with Crippen molar-refractivity contribution in [3.8, 4) is 17.2 Å². The molecule has 3 aromatic rings. The van der Waals surface area contributed by atoms with Gasteiger partial charge in [-0.2, -0.15) is 0 Å². The standard InChI is InChI=1S/C30H35N3O7/c1-5-21(2)31-30(35)27(17-22-10-7-6-8-11-22)32(19-23-12-9-13-24(16-23)38-3)29(34)20-40-25-14-15-26(33(36)37)28(18-25)39-4/h6-16,18,21,27H,5,17,19-20H2,1-4H3,(H,31,35). The van der Waals surface area contributed by atoms with Crippen molar-refractivity contribution in [3.63, 3.8) is 0 Å². The van der Waals surface area contributed by atoms with Crippen LogP contribution in [0.5, 0.6) is 17.2 Å². The van der Waals surface area contributed by atoms with Crippen LogP contribution < -0.4 is 19.5 Å². The van der Waals surface area contributed by atoms with Crippen molar-refractivity contribution in [2.24, 2.45) is 0 Å². The second-order valence-corrected chi connectivity index (χ2v) is 9.28. The van der Waals surface area contributed by atoms with E-state index in [0.29, 0.717) is 12.2 Å². The highest BCUT2D eigenvalue weighted by atomic mass is 16.6. The second kappa shape index (κ2) is 14.5. The molecular weight excluding hydrogens is 514 g/mol. The molecule has 0 radical (unpaired) electrons. The number of nitro groups is 1.